The molecule has 0 radical (unpaired) electrons. The van der Waals surface area contributed by atoms with Crippen molar-refractivity contribution in [3.05, 3.63) is 29.8 Å². The zero-order valence-corrected chi connectivity index (χ0v) is 11.0. The molecule has 0 spiro atoms. The van der Waals surface area contributed by atoms with E-state index in [9.17, 15) is 9.59 Å². The van der Waals surface area contributed by atoms with Gasteiger partial charge in [0.2, 0.25) is 5.91 Å². The van der Waals surface area contributed by atoms with Crippen LogP contribution in [0.1, 0.15) is 32.3 Å². The summed E-state index contributed by atoms with van der Waals surface area (Å²) >= 11 is 0. The van der Waals surface area contributed by atoms with Gasteiger partial charge in [-0.1, -0.05) is 31.5 Å². The van der Waals surface area contributed by atoms with E-state index in [1.54, 1.807) is 13.8 Å². The molecular formula is C14H19NO3. The molecule has 4 nitrogen and oxygen atoms in total. The molecule has 0 aliphatic rings. The second-order valence-corrected chi connectivity index (χ2v) is 5.33. The minimum Gasteiger partial charge on any atom is -0.481 e. The molecule has 0 unspecified atom stereocenters. The van der Waals surface area contributed by atoms with Crippen LogP contribution < -0.4 is 5.32 Å². The van der Waals surface area contributed by atoms with Crippen LogP contribution in [0.5, 0.6) is 0 Å². The fourth-order valence-electron chi connectivity index (χ4n) is 1.75. The Hall–Kier alpha value is -1.84. The lowest BCUT2D eigenvalue weighted by molar-refractivity contribution is -0.139. The normalized spacial score (nSPS) is 11.1. The topological polar surface area (TPSA) is 66.4 Å². The Kier molecular flexibility index (Phi) is 4.48. The van der Waals surface area contributed by atoms with Gasteiger partial charge in [0.15, 0.2) is 0 Å². The van der Waals surface area contributed by atoms with Gasteiger partial charge < -0.3 is 10.4 Å². The molecular weight excluding hydrogens is 230 g/mol. The van der Waals surface area contributed by atoms with E-state index in [2.05, 4.69) is 5.32 Å². The number of carboxylic acid groups (broad SMARTS) is 1. The van der Waals surface area contributed by atoms with Crippen LogP contribution in [0.25, 0.3) is 0 Å². The fraction of sp³-hybridized carbons (Fsp3) is 0.429. The highest BCUT2D eigenvalue weighted by atomic mass is 16.4. The Morgan fingerprint density at radius 1 is 1.17 bits per heavy atom. The number of aliphatic carboxylic acids is 1. The summed E-state index contributed by atoms with van der Waals surface area (Å²) in [6, 6.07) is 7.49. The number of aryl methyl sites for hydroxylation is 1. The molecule has 2 N–H and O–H groups in total. The Labute approximate surface area is 107 Å². The van der Waals surface area contributed by atoms with Gasteiger partial charge in [0.25, 0.3) is 0 Å². The lowest BCUT2D eigenvalue weighted by Crippen LogP contribution is -2.24. The second kappa shape index (κ2) is 5.67. The third-order valence-electron chi connectivity index (χ3n) is 2.60. The van der Waals surface area contributed by atoms with Gasteiger partial charge in [-0.3, -0.25) is 9.59 Å². The van der Waals surface area contributed by atoms with Crippen LogP contribution in [-0.2, 0) is 9.59 Å². The molecule has 0 atom stereocenters. The molecule has 0 aliphatic heterocycles. The molecule has 0 aliphatic carbocycles. The molecule has 1 rings (SSSR count). The molecule has 1 amide bonds. The maximum atomic E-state index is 11.8. The number of benzene rings is 1. The van der Waals surface area contributed by atoms with Gasteiger partial charge >= 0.3 is 5.97 Å². The first-order valence-electron chi connectivity index (χ1n) is 5.87. The van der Waals surface area contributed by atoms with Gasteiger partial charge in [0.1, 0.15) is 0 Å². The predicted octanol–water partition coefficient (Wildman–Crippen LogP) is 2.82. The van der Waals surface area contributed by atoms with E-state index in [0.29, 0.717) is 0 Å². The van der Waals surface area contributed by atoms with Crippen molar-refractivity contribution in [2.45, 2.75) is 33.6 Å². The molecule has 0 saturated carbocycles. The molecule has 0 aromatic heterocycles. The Morgan fingerprint density at radius 2 is 1.72 bits per heavy atom. The zero-order chi connectivity index (χ0) is 13.8. The van der Waals surface area contributed by atoms with Crippen LogP contribution in [0.3, 0.4) is 0 Å². The maximum absolute atomic E-state index is 11.8. The number of hydrogen-bond donors (Lipinski definition) is 2. The van der Waals surface area contributed by atoms with E-state index < -0.39 is 11.4 Å². The van der Waals surface area contributed by atoms with Crippen LogP contribution in [0, 0.1) is 12.3 Å². The van der Waals surface area contributed by atoms with E-state index in [-0.39, 0.29) is 18.7 Å². The smallest absolute Gasteiger partial charge is 0.303 e. The average molecular weight is 249 g/mol. The third kappa shape index (κ3) is 4.99. The lowest BCUT2D eigenvalue weighted by atomic mass is 9.85. The summed E-state index contributed by atoms with van der Waals surface area (Å²) in [6.07, 6.45) is 0.168. The summed E-state index contributed by atoms with van der Waals surface area (Å²) < 4.78 is 0. The van der Waals surface area contributed by atoms with Crippen LogP contribution in [0.2, 0.25) is 0 Å². The zero-order valence-electron chi connectivity index (χ0n) is 11.0. The molecule has 0 fully saturated rings. The molecule has 18 heavy (non-hydrogen) atoms. The van der Waals surface area contributed by atoms with Gasteiger partial charge in [0, 0.05) is 12.1 Å². The van der Waals surface area contributed by atoms with Crippen molar-refractivity contribution in [1.29, 1.82) is 0 Å². The van der Waals surface area contributed by atoms with Crippen LogP contribution >= 0.6 is 0 Å². The van der Waals surface area contributed by atoms with Gasteiger partial charge in [0.05, 0.1) is 6.42 Å². The minimum atomic E-state index is -0.886. The number of carbonyl (C=O) groups excluding carboxylic acids is 1. The van der Waals surface area contributed by atoms with Crippen LogP contribution in [0.4, 0.5) is 5.69 Å². The number of carbonyl (C=O) groups is 2. The number of nitrogens with one attached hydrogen (secondary N) is 1. The minimum absolute atomic E-state index is 0.0195. The highest BCUT2D eigenvalue weighted by Gasteiger charge is 2.25. The van der Waals surface area contributed by atoms with E-state index in [1.165, 1.54) is 0 Å². The molecule has 0 heterocycles. The van der Waals surface area contributed by atoms with Crippen molar-refractivity contribution in [3.8, 4) is 0 Å². The molecule has 0 saturated heterocycles. The van der Waals surface area contributed by atoms with Gasteiger partial charge in [-0.25, -0.2) is 0 Å². The summed E-state index contributed by atoms with van der Waals surface area (Å²) in [7, 11) is 0. The fourth-order valence-corrected chi connectivity index (χ4v) is 1.75. The van der Waals surface area contributed by atoms with Crippen molar-refractivity contribution in [2.24, 2.45) is 5.41 Å². The molecule has 98 valence electrons. The van der Waals surface area contributed by atoms with Crippen molar-refractivity contribution in [2.75, 3.05) is 5.32 Å². The summed E-state index contributed by atoms with van der Waals surface area (Å²) in [6.45, 7) is 5.52. The summed E-state index contributed by atoms with van der Waals surface area (Å²) in [5.74, 6) is -1.05. The largest absolute Gasteiger partial charge is 0.481 e. The van der Waals surface area contributed by atoms with Crippen molar-refractivity contribution < 1.29 is 14.7 Å². The van der Waals surface area contributed by atoms with E-state index in [0.717, 1.165) is 11.3 Å². The van der Waals surface area contributed by atoms with Crippen molar-refractivity contribution >= 4 is 17.6 Å². The maximum Gasteiger partial charge on any atom is 0.303 e. The highest BCUT2D eigenvalue weighted by molar-refractivity contribution is 5.91. The predicted molar refractivity (Wildman–Crippen MR) is 70.5 cm³/mol. The van der Waals surface area contributed by atoms with E-state index >= 15 is 0 Å². The summed E-state index contributed by atoms with van der Waals surface area (Å²) in [4.78, 5) is 22.5. The van der Waals surface area contributed by atoms with Gasteiger partial charge in [-0.2, -0.15) is 0 Å². The Bertz CT molecular complexity index is 435. The summed E-state index contributed by atoms with van der Waals surface area (Å²) in [5.41, 5.74) is 1.32. The van der Waals surface area contributed by atoms with Crippen molar-refractivity contribution in [1.82, 2.24) is 0 Å². The average Bonchev–Trinajstić information content (AvgIpc) is 2.18. The summed E-state index contributed by atoms with van der Waals surface area (Å²) in [5, 5.41) is 11.5. The Morgan fingerprint density at radius 3 is 2.22 bits per heavy atom. The first-order chi connectivity index (χ1) is 8.28. The number of hydrogen-bond acceptors (Lipinski definition) is 2. The van der Waals surface area contributed by atoms with Crippen LogP contribution in [-0.4, -0.2) is 17.0 Å². The monoisotopic (exact) mass is 249 g/mol. The molecule has 0 bridgehead atoms. The van der Waals surface area contributed by atoms with E-state index in [4.69, 9.17) is 5.11 Å². The quantitative estimate of drug-likeness (QED) is 0.843. The standard InChI is InChI=1S/C14H19NO3/c1-10-4-6-11(7-5-10)15-12(16)8-14(2,3)9-13(17)18/h4-7H,8-9H2,1-3H3,(H,15,16)(H,17,18). The van der Waals surface area contributed by atoms with Gasteiger partial charge in [-0.05, 0) is 24.5 Å². The molecule has 4 heteroatoms. The first kappa shape index (κ1) is 14.2. The lowest BCUT2D eigenvalue weighted by Gasteiger charge is -2.21. The number of carboxylic acids is 1. The number of anilines is 1. The van der Waals surface area contributed by atoms with Crippen molar-refractivity contribution in [3.63, 3.8) is 0 Å². The SMILES string of the molecule is Cc1ccc(NC(=O)CC(C)(C)CC(=O)O)cc1. The Balaban J connectivity index is 2.56. The van der Waals surface area contributed by atoms with E-state index in [1.807, 2.05) is 31.2 Å². The van der Waals surface area contributed by atoms with Crippen LogP contribution in [0.15, 0.2) is 24.3 Å². The first-order valence-corrected chi connectivity index (χ1v) is 5.87. The highest BCUT2D eigenvalue weighted by Crippen LogP contribution is 2.25. The molecule has 1 aromatic rings. The second-order valence-electron chi connectivity index (χ2n) is 5.33. The number of amides is 1. The third-order valence-corrected chi connectivity index (χ3v) is 2.60. The number of rotatable bonds is 5. The van der Waals surface area contributed by atoms with Gasteiger partial charge in [-0.15, -0.1) is 0 Å². The molecule has 1 aromatic carbocycles.